The molecule has 0 aliphatic carbocycles. The number of nitriles is 1. The van der Waals surface area contributed by atoms with Crippen LogP contribution < -0.4 is 19.5 Å². The highest BCUT2D eigenvalue weighted by Gasteiger charge is 2.23. The van der Waals surface area contributed by atoms with Crippen molar-refractivity contribution in [2.75, 3.05) is 72.0 Å². The predicted octanol–water partition coefficient (Wildman–Crippen LogP) is 4.14. The summed E-state index contributed by atoms with van der Waals surface area (Å²) in [5, 5.41) is 13.6. The third-order valence-corrected chi connectivity index (χ3v) is 7.71. The maximum absolute atomic E-state index is 9.36. The van der Waals surface area contributed by atoms with Crippen molar-refractivity contribution in [3.63, 3.8) is 0 Å². The molecule has 1 N–H and O–H groups in total. The van der Waals surface area contributed by atoms with Crippen molar-refractivity contribution in [2.24, 2.45) is 0 Å². The van der Waals surface area contributed by atoms with E-state index in [1.54, 1.807) is 14.2 Å². The van der Waals surface area contributed by atoms with Gasteiger partial charge in [0.1, 0.15) is 5.75 Å². The van der Waals surface area contributed by atoms with Gasteiger partial charge in [0.25, 0.3) is 0 Å². The summed E-state index contributed by atoms with van der Waals surface area (Å²) in [5.74, 6) is 2.78. The molecule has 3 heterocycles. The van der Waals surface area contributed by atoms with E-state index in [2.05, 4.69) is 21.2 Å². The number of fused-ring (bicyclic) bond motifs is 1. The Bertz CT molecular complexity index is 1350. The fraction of sp³-hybridized carbons (Fsp3) is 0.500. The van der Waals surface area contributed by atoms with E-state index in [1.165, 1.54) is 0 Å². The summed E-state index contributed by atoms with van der Waals surface area (Å²) in [6, 6.07) is 9.81. The van der Waals surface area contributed by atoms with Crippen molar-refractivity contribution >= 4 is 16.9 Å². The first-order valence-corrected chi connectivity index (χ1v) is 13.9. The third kappa shape index (κ3) is 6.39. The zero-order chi connectivity index (χ0) is 28.1. The van der Waals surface area contributed by atoms with E-state index in [0.29, 0.717) is 45.5 Å². The zero-order valence-electron chi connectivity index (χ0n) is 23.8. The highest BCUT2D eigenvalue weighted by atomic mass is 16.5. The number of nitrogens with one attached hydrogen (secondary N) is 1. The van der Waals surface area contributed by atoms with E-state index in [-0.39, 0.29) is 6.04 Å². The maximum atomic E-state index is 9.36. The molecule has 0 radical (unpaired) electrons. The van der Waals surface area contributed by atoms with Crippen molar-refractivity contribution < 1.29 is 18.9 Å². The minimum absolute atomic E-state index is 0.267. The molecule has 0 spiro atoms. The minimum atomic E-state index is 0.267. The van der Waals surface area contributed by atoms with E-state index in [1.807, 2.05) is 38.1 Å². The predicted molar refractivity (Wildman–Crippen MR) is 154 cm³/mol. The number of aryl methyl sites for hydroxylation is 2. The Morgan fingerprint density at radius 1 is 0.925 bits per heavy atom. The summed E-state index contributed by atoms with van der Waals surface area (Å²) < 4.78 is 23.0. The number of likely N-dealkylation sites (tertiary alicyclic amines) is 1. The first-order valence-electron chi connectivity index (χ1n) is 13.9. The van der Waals surface area contributed by atoms with Crippen LogP contribution in [-0.4, -0.2) is 92.5 Å². The van der Waals surface area contributed by atoms with Crippen LogP contribution in [0.1, 0.15) is 29.5 Å². The number of rotatable bonds is 9. The molecule has 10 heteroatoms. The van der Waals surface area contributed by atoms with Crippen molar-refractivity contribution in [1.29, 1.82) is 5.26 Å². The number of piperidine rings is 1. The molecule has 2 fully saturated rings. The van der Waals surface area contributed by atoms with Crippen molar-refractivity contribution in [1.82, 2.24) is 19.8 Å². The Morgan fingerprint density at radius 2 is 1.55 bits per heavy atom. The van der Waals surface area contributed by atoms with Crippen LogP contribution in [0.5, 0.6) is 23.1 Å². The van der Waals surface area contributed by atoms with Crippen LogP contribution in [-0.2, 0) is 4.74 Å². The van der Waals surface area contributed by atoms with Gasteiger partial charge in [0.05, 0.1) is 50.0 Å². The smallest absolute Gasteiger partial charge is 0.232 e. The topological polar surface area (TPSA) is 105 Å². The second-order valence-electron chi connectivity index (χ2n) is 10.4. The van der Waals surface area contributed by atoms with Gasteiger partial charge in [-0.05, 0) is 56.0 Å². The van der Waals surface area contributed by atoms with Crippen molar-refractivity contribution in [3.05, 3.63) is 41.0 Å². The van der Waals surface area contributed by atoms with Gasteiger partial charge in [0, 0.05) is 51.4 Å². The van der Waals surface area contributed by atoms with Gasteiger partial charge in [-0.15, -0.1) is 0 Å². The number of ether oxygens (including phenoxy) is 4. The molecule has 2 aromatic carbocycles. The number of methoxy groups -OCH3 is 2. The molecule has 0 saturated carbocycles. The molecule has 1 aromatic heterocycles. The minimum Gasteiger partial charge on any atom is -0.493 e. The Kier molecular flexibility index (Phi) is 8.85. The van der Waals surface area contributed by atoms with Gasteiger partial charge in [0.15, 0.2) is 11.5 Å². The molecule has 2 aliphatic heterocycles. The fourth-order valence-corrected chi connectivity index (χ4v) is 5.43. The second kappa shape index (κ2) is 12.7. The van der Waals surface area contributed by atoms with Gasteiger partial charge < -0.3 is 29.2 Å². The number of hydrogen-bond acceptors (Lipinski definition) is 10. The first kappa shape index (κ1) is 27.9. The molecule has 5 rings (SSSR count). The summed E-state index contributed by atoms with van der Waals surface area (Å²) in [7, 11) is 3.21. The molecule has 0 amide bonds. The summed E-state index contributed by atoms with van der Waals surface area (Å²) >= 11 is 0. The molecule has 40 heavy (non-hydrogen) atoms. The Morgan fingerprint density at radius 3 is 2.17 bits per heavy atom. The van der Waals surface area contributed by atoms with Crippen LogP contribution in [0.4, 0.5) is 5.95 Å². The van der Waals surface area contributed by atoms with Gasteiger partial charge in [-0.1, -0.05) is 0 Å². The fourth-order valence-electron chi connectivity index (χ4n) is 5.43. The number of hydrogen-bond donors (Lipinski definition) is 1. The Balaban J connectivity index is 1.35. The average Bonchev–Trinajstić information content (AvgIpc) is 2.98. The van der Waals surface area contributed by atoms with Gasteiger partial charge in [-0.25, -0.2) is 4.98 Å². The Labute approximate surface area is 235 Å². The van der Waals surface area contributed by atoms with Crippen LogP contribution in [0.25, 0.3) is 10.9 Å². The number of aromatic nitrogens is 2. The van der Waals surface area contributed by atoms with E-state index in [4.69, 9.17) is 28.9 Å². The zero-order valence-corrected chi connectivity index (χ0v) is 23.8. The largest absolute Gasteiger partial charge is 0.493 e. The second-order valence-corrected chi connectivity index (χ2v) is 10.4. The Hall–Kier alpha value is -3.65. The highest BCUT2D eigenvalue weighted by molar-refractivity contribution is 5.88. The molecule has 0 bridgehead atoms. The van der Waals surface area contributed by atoms with Gasteiger partial charge in [-0.2, -0.15) is 10.2 Å². The molecule has 0 atom stereocenters. The van der Waals surface area contributed by atoms with Gasteiger partial charge in [-0.3, -0.25) is 4.90 Å². The van der Waals surface area contributed by atoms with Crippen LogP contribution in [0.15, 0.2) is 24.3 Å². The van der Waals surface area contributed by atoms with Crippen molar-refractivity contribution in [2.45, 2.75) is 32.7 Å². The summed E-state index contributed by atoms with van der Waals surface area (Å²) in [5.41, 5.74) is 3.02. The molecule has 0 unspecified atom stereocenters. The number of nitrogens with zero attached hydrogens (tertiary/aromatic N) is 5. The first-order chi connectivity index (χ1) is 19.5. The standard InChI is InChI=1S/C30H38N6O4/c1-20-15-22(19-31)16-21(2)28(20)40-29-24-17-26(37-3)27(38-4)18-25(24)33-30(34-29)32-23-5-7-35(8-6-23)9-10-36-11-13-39-14-12-36/h15-18,23H,5-14H2,1-4H3,(H,32,33,34). The lowest BCUT2D eigenvalue weighted by atomic mass is 10.1. The summed E-state index contributed by atoms with van der Waals surface area (Å²) in [6.45, 7) is 11.8. The van der Waals surface area contributed by atoms with Crippen molar-refractivity contribution in [3.8, 4) is 29.2 Å². The highest BCUT2D eigenvalue weighted by Crippen LogP contribution is 2.38. The maximum Gasteiger partial charge on any atom is 0.232 e. The molecule has 3 aromatic rings. The SMILES string of the molecule is COc1cc2nc(NC3CCN(CCN4CCOCC4)CC3)nc(Oc3c(C)cc(C#N)cc3C)c2cc1OC. The molecule has 2 aliphatic rings. The van der Waals surface area contributed by atoms with Gasteiger partial charge in [0.2, 0.25) is 11.8 Å². The van der Waals surface area contributed by atoms with E-state index < -0.39 is 0 Å². The van der Waals surface area contributed by atoms with Crippen LogP contribution in [0.2, 0.25) is 0 Å². The van der Waals surface area contributed by atoms with Crippen LogP contribution >= 0.6 is 0 Å². The number of benzene rings is 2. The summed E-state index contributed by atoms with van der Waals surface area (Å²) in [6.07, 6.45) is 2.03. The quantitative estimate of drug-likeness (QED) is 0.421. The molecular weight excluding hydrogens is 508 g/mol. The number of morpholine rings is 1. The lowest BCUT2D eigenvalue weighted by Gasteiger charge is -2.34. The molecule has 212 valence electrons. The van der Waals surface area contributed by atoms with E-state index in [0.717, 1.165) is 76.5 Å². The third-order valence-electron chi connectivity index (χ3n) is 7.71. The normalized spacial score (nSPS) is 17.0. The average molecular weight is 547 g/mol. The molecular formula is C30H38N6O4. The monoisotopic (exact) mass is 546 g/mol. The lowest BCUT2D eigenvalue weighted by molar-refractivity contribution is 0.0322. The van der Waals surface area contributed by atoms with Crippen LogP contribution in [0, 0.1) is 25.2 Å². The molecule has 2 saturated heterocycles. The summed E-state index contributed by atoms with van der Waals surface area (Å²) in [4.78, 5) is 14.7. The lowest BCUT2D eigenvalue weighted by Crippen LogP contribution is -2.45. The van der Waals surface area contributed by atoms with E-state index in [9.17, 15) is 5.26 Å². The van der Waals surface area contributed by atoms with Crippen LogP contribution in [0.3, 0.4) is 0 Å². The van der Waals surface area contributed by atoms with Gasteiger partial charge >= 0.3 is 0 Å². The van der Waals surface area contributed by atoms with E-state index >= 15 is 0 Å². The number of anilines is 1. The molecule has 10 nitrogen and oxygen atoms in total.